The van der Waals surface area contributed by atoms with Crippen LogP contribution in [0.2, 0.25) is 0 Å². The topological polar surface area (TPSA) is 76.7 Å². The number of methoxy groups -OCH3 is 1. The Balaban J connectivity index is 2.50. The molecule has 0 bridgehead atoms. The summed E-state index contributed by atoms with van der Waals surface area (Å²) in [5.41, 5.74) is -0.0675. The van der Waals surface area contributed by atoms with Crippen molar-refractivity contribution in [3.05, 3.63) is 46.3 Å². The summed E-state index contributed by atoms with van der Waals surface area (Å²) in [5, 5.41) is 9.91. The molecular weight excluding hydrogens is 236 g/mol. The Morgan fingerprint density at radius 1 is 1.39 bits per heavy atom. The van der Waals surface area contributed by atoms with Crippen molar-refractivity contribution in [3.63, 3.8) is 0 Å². The summed E-state index contributed by atoms with van der Waals surface area (Å²) in [5.74, 6) is -0.538. The number of rotatable bonds is 2. The van der Waals surface area contributed by atoms with Gasteiger partial charge < -0.3 is 14.3 Å². The van der Waals surface area contributed by atoms with Crippen molar-refractivity contribution in [1.29, 1.82) is 0 Å². The Morgan fingerprint density at radius 2 is 2.17 bits per heavy atom. The van der Waals surface area contributed by atoms with E-state index in [0.717, 1.165) is 6.08 Å². The van der Waals surface area contributed by atoms with Gasteiger partial charge in [-0.25, -0.2) is 9.59 Å². The van der Waals surface area contributed by atoms with Gasteiger partial charge in [-0.1, -0.05) is 0 Å². The van der Waals surface area contributed by atoms with Crippen LogP contribution < -0.4 is 5.63 Å². The average molecular weight is 246 g/mol. The second kappa shape index (κ2) is 4.75. The molecule has 0 amide bonds. The maximum absolute atomic E-state index is 11.6. The van der Waals surface area contributed by atoms with Gasteiger partial charge in [-0.05, 0) is 24.3 Å². The summed E-state index contributed by atoms with van der Waals surface area (Å²) in [7, 11) is 1.25. The number of phenols is 1. The molecule has 0 unspecified atom stereocenters. The predicted molar refractivity (Wildman–Crippen MR) is 65.2 cm³/mol. The molecule has 92 valence electrons. The van der Waals surface area contributed by atoms with Crippen LogP contribution in [0.4, 0.5) is 0 Å². The van der Waals surface area contributed by atoms with Crippen molar-refractivity contribution in [3.8, 4) is 5.75 Å². The zero-order valence-corrected chi connectivity index (χ0v) is 9.54. The lowest BCUT2D eigenvalue weighted by molar-refractivity contribution is -0.134. The Bertz CT molecular complexity index is 681. The fourth-order valence-electron chi connectivity index (χ4n) is 1.46. The molecule has 0 aliphatic heterocycles. The minimum Gasteiger partial charge on any atom is -0.508 e. The number of aromatic hydroxyl groups is 1. The molecule has 1 aromatic heterocycles. The van der Waals surface area contributed by atoms with Crippen molar-refractivity contribution < 1.29 is 19.1 Å². The summed E-state index contributed by atoms with van der Waals surface area (Å²) in [4.78, 5) is 22.5. The molecule has 1 N–H and O–H groups in total. The summed E-state index contributed by atoms with van der Waals surface area (Å²) in [6, 6.07) is 6.02. The summed E-state index contributed by atoms with van der Waals surface area (Å²) < 4.78 is 9.44. The summed E-state index contributed by atoms with van der Waals surface area (Å²) in [6.45, 7) is 0. The number of carbonyl (C=O) groups excluding carboxylic acids is 1. The van der Waals surface area contributed by atoms with Crippen LogP contribution in [0.3, 0.4) is 0 Å². The van der Waals surface area contributed by atoms with Gasteiger partial charge in [0, 0.05) is 17.5 Å². The first-order valence-electron chi connectivity index (χ1n) is 5.13. The molecule has 0 fully saturated rings. The SMILES string of the molecule is COC(=O)/C=C/c1cc2ccc(O)cc2oc1=O. The molecule has 5 nitrogen and oxygen atoms in total. The van der Waals surface area contributed by atoms with Gasteiger partial charge in [0.1, 0.15) is 11.3 Å². The molecule has 0 radical (unpaired) electrons. The van der Waals surface area contributed by atoms with Gasteiger partial charge in [0.05, 0.1) is 12.7 Å². The van der Waals surface area contributed by atoms with Gasteiger partial charge in [0.25, 0.3) is 0 Å². The molecule has 0 spiro atoms. The third-order valence-electron chi connectivity index (χ3n) is 2.35. The van der Waals surface area contributed by atoms with Crippen LogP contribution in [0, 0.1) is 0 Å². The van der Waals surface area contributed by atoms with Crippen LogP contribution in [0.25, 0.3) is 17.0 Å². The zero-order valence-electron chi connectivity index (χ0n) is 9.54. The maximum atomic E-state index is 11.6. The molecule has 2 rings (SSSR count). The van der Waals surface area contributed by atoms with Crippen molar-refractivity contribution >= 4 is 23.0 Å². The lowest BCUT2D eigenvalue weighted by atomic mass is 10.1. The number of ether oxygens (including phenoxy) is 1. The molecule has 0 aliphatic rings. The van der Waals surface area contributed by atoms with E-state index in [1.54, 1.807) is 12.1 Å². The Kier molecular flexibility index (Phi) is 3.14. The van der Waals surface area contributed by atoms with E-state index in [0.29, 0.717) is 5.39 Å². The number of carbonyl (C=O) groups is 1. The zero-order chi connectivity index (χ0) is 13.1. The van der Waals surface area contributed by atoms with Crippen LogP contribution >= 0.6 is 0 Å². The van der Waals surface area contributed by atoms with Crippen molar-refractivity contribution in [1.82, 2.24) is 0 Å². The van der Waals surface area contributed by atoms with Gasteiger partial charge in [0.15, 0.2) is 0 Å². The highest BCUT2D eigenvalue weighted by Crippen LogP contribution is 2.19. The molecule has 0 aliphatic carbocycles. The molecule has 0 saturated heterocycles. The number of hydrogen-bond acceptors (Lipinski definition) is 5. The number of hydrogen-bond donors (Lipinski definition) is 1. The molecule has 1 heterocycles. The van der Waals surface area contributed by atoms with Gasteiger partial charge in [0.2, 0.25) is 0 Å². The Morgan fingerprint density at radius 3 is 2.89 bits per heavy atom. The minimum atomic E-state index is -0.590. The third-order valence-corrected chi connectivity index (χ3v) is 2.35. The molecule has 0 saturated carbocycles. The Hall–Kier alpha value is -2.56. The number of esters is 1. The summed E-state index contributed by atoms with van der Waals surface area (Å²) >= 11 is 0. The summed E-state index contributed by atoms with van der Waals surface area (Å²) in [6.07, 6.45) is 2.46. The van der Waals surface area contributed by atoms with E-state index in [-0.39, 0.29) is 16.9 Å². The van der Waals surface area contributed by atoms with Gasteiger partial charge in [-0.15, -0.1) is 0 Å². The van der Waals surface area contributed by atoms with Crippen LogP contribution in [-0.4, -0.2) is 18.2 Å². The highest BCUT2D eigenvalue weighted by Gasteiger charge is 2.04. The highest BCUT2D eigenvalue weighted by molar-refractivity contribution is 5.88. The van der Waals surface area contributed by atoms with Crippen molar-refractivity contribution in [2.45, 2.75) is 0 Å². The van der Waals surface area contributed by atoms with E-state index in [4.69, 9.17) is 4.42 Å². The molecule has 1 aromatic carbocycles. The highest BCUT2D eigenvalue weighted by atomic mass is 16.5. The van der Waals surface area contributed by atoms with Crippen molar-refractivity contribution in [2.24, 2.45) is 0 Å². The molecule has 5 heteroatoms. The molecule has 2 aromatic rings. The minimum absolute atomic E-state index is 0.0171. The molecular formula is C13H10O5. The van der Waals surface area contributed by atoms with Crippen LogP contribution in [-0.2, 0) is 9.53 Å². The van der Waals surface area contributed by atoms with E-state index in [9.17, 15) is 14.7 Å². The van der Waals surface area contributed by atoms with Gasteiger partial charge >= 0.3 is 11.6 Å². The second-order valence-electron chi connectivity index (χ2n) is 3.57. The first-order valence-corrected chi connectivity index (χ1v) is 5.13. The van der Waals surface area contributed by atoms with E-state index < -0.39 is 11.6 Å². The first kappa shape index (κ1) is 11.9. The van der Waals surface area contributed by atoms with E-state index in [1.165, 1.54) is 25.3 Å². The lowest BCUT2D eigenvalue weighted by Gasteiger charge is -1.99. The fourth-order valence-corrected chi connectivity index (χ4v) is 1.46. The first-order chi connectivity index (χ1) is 8.60. The lowest BCUT2D eigenvalue weighted by Crippen LogP contribution is -2.03. The number of benzene rings is 1. The monoisotopic (exact) mass is 246 g/mol. The fraction of sp³-hybridized carbons (Fsp3) is 0.0769. The Labute approximate surface area is 102 Å². The quantitative estimate of drug-likeness (QED) is 0.495. The standard InChI is InChI=1S/C13H10O5/c1-17-12(15)5-3-9-6-8-2-4-10(14)7-11(8)18-13(9)16/h2-7,14H,1H3/b5-3+. The van der Waals surface area contributed by atoms with E-state index >= 15 is 0 Å². The van der Waals surface area contributed by atoms with Crippen LogP contribution in [0.1, 0.15) is 5.56 Å². The predicted octanol–water partition coefficient (Wildman–Crippen LogP) is 1.68. The van der Waals surface area contributed by atoms with E-state index in [1.807, 2.05) is 0 Å². The second-order valence-corrected chi connectivity index (χ2v) is 3.57. The molecule has 0 atom stereocenters. The maximum Gasteiger partial charge on any atom is 0.343 e. The number of phenolic OH excluding ortho intramolecular Hbond substituents is 1. The van der Waals surface area contributed by atoms with Crippen molar-refractivity contribution in [2.75, 3.05) is 7.11 Å². The number of fused-ring (bicyclic) bond motifs is 1. The van der Waals surface area contributed by atoms with E-state index in [2.05, 4.69) is 4.74 Å². The smallest absolute Gasteiger partial charge is 0.343 e. The van der Waals surface area contributed by atoms with Gasteiger partial charge in [-0.3, -0.25) is 0 Å². The largest absolute Gasteiger partial charge is 0.508 e. The van der Waals surface area contributed by atoms with Crippen LogP contribution in [0.15, 0.2) is 39.6 Å². The van der Waals surface area contributed by atoms with Crippen LogP contribution in [0.5, 0.6) is 5.75 Å². The third kappa shape index (κ3) is 2.40. The van der Waals surface area contributed by atoms with Gasteiger partial charge in [-0.2, -0.15) is 0 Å². The average Bonchev–Trinajstić information content (AvgIpc) is 2.35. The normalized spacial score (nSPS) is 10.9. The molecule has 18 heavy (non-hydrogen) atoms.